The first kappa shape index (κ1) is 19.6. The first-order valence-electron chi connectivity index (χ1n) is 6.52. The Morgan fingerprint density at radius 1 is 1.40 bits per heavy atom. The highest BCUT2D eigenvalue weighted by atomic mass is 35.5. The molecule has 7 heteroatoms. The van der Waals surface area contributed by atoms with Gasteiger partial charge in [-0.05, 0) is 39.2 Å². The number of nitrogens with two attached hydrogens (primary N) is 1. The number of nitrogens with one attached hydrogen (secondary N) is 1. The number of carbonyl (C=O) groups excluding carboxylic acids is 1. The van der Waals surface area contributed by atoms with Gasteiger partial charge in [-0.1, -0.05) is 6.42 Å². The summed E-state index contributed by atoms with van der Waals surface area (Å²) in [5.74, 6) is 0.621. The summed E-state index contributed by atoms with van der Waals surface area (Å²) in [4.78, 5) is 17.7. The van der Waals surface area contributed by atoms with Crippen molar-refractivity contribution >= 4 is 42.1 Å². The maximum atomic E-state index is 12.1. The molecule has 1 heterocycles. The Hall–Kier alpha value is -0.360. The molecule has 0 spiro atoms. The summed E-state index contributed by atoms with van der Waals surface area (Å²) >= 11 is 1.65. The van der Waals surface area contributed by atoms with Crippen LogP contribution in [0.4, 0.5) is 0 Å². The normalized spacial score (nSPS) is 20.9. The van der Waals surface area contributed by atoms with Crippen LogP contribution in [-0.4, -0.2) is 17.4 Å². The number of nitrogens with zero attached hydrogens (tertiary/aromatic N) is 1. The minimum atomic E-state index is 0. The lowest BCUT2D eigenvalue weighted by molar-refractivity contribution is -0.126. The Morgan fingerprint density at radius 2 is 2.10 bits per heavy atom. The maximum Gasteiger partial charge on any atom is 0.223 e. The average Bonchev–Trinajstić information content (AvgIpc) is 2.94. The van der Waals surface area contributed by atoms with Crippen molar-refractivity contribution in [2.24, 2.45) is 17.6 Å². The van der Waals surface area contributed by atoms with Crippen LogP contribution in [0.25, 0.3) is 0 Å². The zero-order valence-corrected chi connectivity index (χ0v) is 14.3. The van der Waals surface area contributed by atoms with Gasteiger partial charge in [-0.15, -0.1) is 36.2 Å². The predicted molar refractivity (Wildman–Crippen MR) is 87.8 cm³/mol. The fourth-order valence-corrected chi connectivity index (χ4v) is 3.45. The molecule has 0 aromatic carbocycles. The Bertz CT molecular complexity index is 420. The van der Waals surface area contributed by atoms with Gasteiger partial charge in [0.05, 0.1) is 12.2 Å². The number of hydrogen-bond acceptors (Lipinski definition) is 4. The van der Waals surface area contributed by atoms with Gasteiger partial charge in [-0.2, -0.15) is 0 Å². The molecular formula is C13H23Cl2N3OS. The molecule has 0 unspecified atom stereocenters. The van der Waals surface area contributed by atoms with Gasteiger partial charge in [0.1, 0.15) is 5.01 Å². The van der Waals surface area contributed by atoms with Crippen LogP contribution in [0.1, 0.15) is 34.8 Å². The summed E-state index contributed by atoms with van der Waals surface area (Å²) in [6.07, 6.45) is 3.18. The third-order valence-electron chi connectivity index (χ3n) is 3.79. The number of thiazole rings is 1. The van der Waals surface area contributed by atoms with E-state index in [-0.39, 0.29) is 36.6 Å². The Kier molecular flexibility index (Phi) is 8.66. The van der Waals surface area contributed by atoms with Crippen LogP contribution in [0.2, 0.25) is 0 Å². The molecular weight excluding hydrogens is 317 g/mol. The highest BCUT2D eigenvalue weighted by Crippen LogP contribution is 2.31. The second kappa shape index (κ2) is 8.82. The average molecular weight is 340 g/mol. The van der Waals surface area contributed by atoms with Crippen LogP contribution >= 0.6 is 36.2 Å². The number of hydrogen-bond donors (Lipinski definition) is 2. The molecule has 1 aromatic rings. The molecule has 0 bridgehead atoms. The van der Waals surface area contributed by atoms with Crippen LogP contribution < -0.4 is 11.1 Å². The standard InChI is InChI=1S/C13H21N3OS.2ClH/c1-8-9(2)18-12(16-8)7-15-13(17)11-5-3-4-10(11)6-14;;/h10-11H,3-7,14H2,1-2H3,(H,15,17);2*1H/t10-,11-;;/m1../s1. The molecule has 2 rings (SSSR count). The Balaban J connectivity index is 0.00000180. The van der Waals surface area contributed by atoms with Gasteiger partial charge in [0, 0.05) is 10.8 Å². The van der Waals surface area contributed by atoms with E-state index in [9.17, 15) is 4.79 Å². The van der Waals surface area contributed by atoms with Gasteiger partial charge in [0.25, 0.3) is 0 Å². The lowest BCUT2D eigenvalue weighted by atomic mass is 9.95. The number of rotatable bonds is 4. The van der Waals surface area contributed by atoms with Crippen molar-refractivity contribution in [1.82, 2.24) is 10.3 Å². The molecule has 3 N–H and O–H groups in total. The molecule has 0 saturated heterocycles. The SMILES string of the molecule is Cc1nc(CNC(=O)[C@@H]2CCC[C@@H]2CN)sc1C.Cl.Cl. The van der Waals surface area contributed by atoms with Crippen molar-refractivity contribution in [2.45, 2.75) is 39.7 Å². The summed E-state index contributed by atoms with van der Waals surface area (Å²) in [5.41, 5.74) is 6.76. The third-order valence-corrected chi connectivity index (χ3v) is 4.86. The molecule has 1 saturated carbocycles. The molecule has 1 amide bonds. The van der Waals surface area contributed by atoms with Gasteiger partial charge < -0.3 is 11.1 Å². The summed E-state index contributed by atoms with van der Waals surface area (Å²) in [6.45, 7) is 5.22. The molecule has 1 aromatic heterocycles. The van der Waals surface area contributed by atoms with Crippen molar-refractivity contribution < 1.29 is 4.79 Å². The maximum absolute atomic E-state index is 12.1. The molecule has 0 aliphatic heterocycles. The zero-order chi connectivity index (χ0) is 13.1. The van der Waals surface area contributed by atoms with Crippen LogP contribution in [-0.2, 0) is 11.3 Å². The van der Waals surface area contributed by atoms with Crippen LogP contribution in [0.15, 0.2) is 0 Å². The highest BCUT2D eigenvalue weighted by molar-refractivity contribution is 7.11. The topological polar surface area (TPSA) is 68.0 Å². The molecule has 1 aliphatic carbocycles. The number of carbonyl (C=O) groups is 1. The first-order valence-corrected chi connectivity index (χ1v) is 7.34. The van der Waals surface area contributed by atoms with E-state index in [0.717, 1.165) is 30.0 Å². The van der Waals surface area contributed by atoms with Crippen molar-refractivity contribution in [1.29, 1.82) is 0 Å². The Morgan fingerprint density at radius 3 is 2.65 bits per heavy atom. The fourth-order valence-electron chi connectivity index (χ4n) is 2.57. The molecule has 0 radical (unpaired) electrons. The highest BCUT2D eigenvalue weighted by Gasteiger charge is 2.31. The largest absolute Gasteiger partial charge is 0.349 e. The van der Waals surface area contributed by atoms with Gasteiger partial charge in [0.15, 0.2) is 0 Å². The number of aromatic nitrogens is 1. The first-order chi connectivity index (χ1) is 8.61. The number of amides is 1. The van der Waals surface area contributed by atoms with Crippen LogP contribution in [0.5, 0.6) is 0 Å². The molecule has 2 atom stereocenters. The fraction of sp³-hybridized carbons (Fsp3) is 0.692. The number of halogens is 2. The van der Waals surface area contributed by atoms with Crippen molar-refractivity contribution in [3.63, 3.8) is 0 Å². The second-order valence-electron chi connectivity index (χ2n) is 5.00. The van der Waals surface area contributed by atoms with Gasteiger partial charge in [-0.3, -0.25) is 4.79 Å². The third kappa shape index (κ3) is 4.58. The van der Waals surface area contributed by atoms with E-state index in [1.165, 1.54) is 4.88 Å². The van der Waals surface area contributed by atoms with Gasteiger partial charge in [-0.25, -0.2) is 4.98 Å². The quantitative estimate of drug-likeness (QED) is 0.885. The van der Waals surface area contributed by atoms with Gasteiger partial charge in [0.2, 0.25) is 5.91 Å². The smallest absolute Gasteiger partial charge is 0.223 e. The predicted octanol–water partition coefficient (Wildman–Crippen LogP) is 2.59. The lowest BCUT2D eigenvalue weighted by Crippen LogP contribution is -2.34. The van der Waals surface area contributed by atoms with Gasteiger partial charge >= 0.3 is 0 Å². The summed E-state index contributed by atoms with van der Waals surface area (Å²) in [5, 5.41) is 3.99. The van der Waals surface area contributed by atoms with E-state index < -0.39 is 0 Å². The van der Waals surface area contributed by atoms with E-state index >= 15 is 0 Å². The molecule has 4 nitrogen and oxygen atoms in total. The lowest BCUT2D eigenvalue weighted by Gasteiger charge is -2.16. The molecule has 1 aliphatic rings. The summed E-state index contributed by atoms with van der Waals surface area (Å²) in [6, 6.07) is 0. The van der Waals surface area contributed by atoms with E-state index in [1.807, 2.05) is 6.92 Å². The zero-order valence-electron chi connectivity index (χ0n) is 11.8. The van der Waals surface area contributed by atoms with E-state index in [1.54, 1.807) is 11.3 Å². The van der Waals surface area contributed by atoms with Crippen molar-refractivity contribution in [2.75, 3.05) is 6.54 Å². The summed E-state index contributed by atoms with van der Waals surface area (Å²) in [7, 11) is 0. The second-order valence-corrected chi connectivity index (χ2v) is 6.29. The van der Waals surface area contributed by atoms with Crippen LogP contribution in [0.3, 0.4) is 0 Å². The molecule has 1 fully saturated rings. The number of aryl methyl sites for hydroxylation is 2. The van der Waals surface area contributed by atoms with E-state index in [4.69, 9.17) is 5.73 Å². The molecule has 116 valence electrons. The minimum absolute atomic E-state index is 0. The minimum Gasteiger partial charge on any atom is -0.349 e. The van der Waals surface area contributed by atoms with E-state index in [2.05, 4.69) is 17.2 Å². The Labute approximate surface area is 136 Å². The summed E-state index contributed by atoms with van der Waals surface area (Å²) < 4.78 is 0. The molecule has 20 heavy (non-hydrogen) atoms. The van der Waals surface area contributed by atoms with Crippen molar-refractivity contribution in [3.05, 3.63) is 15.6 Å². The van der Waals surface area contributed by atoms with E-state index in [0.29, 0.717) is 19.0 Å². The van der Waals surface area contributed by atoms with Crippen molar-refractivity contribution in [3.8, 4) is 0 Å². The van der Waals surface area contributed by atoms with Crippen LogP contribution in [0, 0.1) is 25.7 Å². The monoisotopic (exact) mass is 339 g/mol.